The maximum absolute atomic E-state index is 13.4. The number of hydrogen-bond donors (Lipinski definition) is 0. The molecule has 1 fully saturated rings. The van der Waals surface area contributed by atoms with Crippen molar-refractivity contribution in [3.63, 3.8) is 0 Å². The molecule has 22 heavy (non-hydrogen) atoms. The molecule has 0 amide bonds. The Kier molecular flexibility index (Phi) is 4.13. The van der Waals surface area contributed by atoms with Crippen molar-refractivity contribution in [3.8, 4) is 6.07 Å². The molecule has 0 N–H and O–H groups in total. The van der Waals surface area contributed by atoms with Crippen LogP contribution in [-0.4, -0.2) is 34.8 Å². The fraction of sp³-hybridized carbons (Fsp3) is 0.400. The van der Waals surface area contributed by atoms with E-state index >= 15 is 0 Å². The molecule has 7 heteroatoms. The molecule has 1 aliphatic heterocycles. The van der Waals surface area contributed by atoms with Crippen LogP contribution >= 0.6 is 0 Å². The standard InChI is InChI=1S/C15H15FN4O2/c1-10-18-15(22-19-10)14-9-21-5-4-20(14)8-11-2-3-13(16)12(6-11)7-17/h2-3,6,14H,4-5,8-9H2,1H3. The van der Waals surface area contributed by atoms with Crippen molar-refractivity contribution in [3.05, 3.63) is 46.9 Å². The lowest BCUT2D eigenvalue weighted by atomic mass is 10.1. The highest BCUT2D eigenvalue weighted by Gasteiger charge is 2.29. The lowest BCUT2D eigenvalue weighted by Gasteiger charge is -2.33. The topological polar surface area (TPSA) is 75.2 Å². The Morgan fingerprint density at radius 2 is 2.36 bits per heavy atom. The van der Waals surface area contributed by atoms with E-state index in [4.69, 9.17) is 14.5 Å². The molecule has 1 aromatic carbocycles. The van der Waals surface area contributed by atoms with E-state index < -0.39 is 5.82 Å². The van der Waals surface area contributed by atoms with Crippen molar-refractivity contribution < 1.29 is 13.7 Å². The zero-order chi connectivity index (χ0) is 15.5. The van der Waals surface area contributed by atoms with Crippen LogP contribution < -0.4 is 0 Å². The third kappa shape index (κ3) is 2.98. The van der Waals surface area contributed by atoms with Gasteiger partial charge in [-0.3, -0.25) is 4.90 Å². The molecule has 0 radical (unpaired) electrons. The number of rotatable bonds is 3. The molecule has 0 saturated carbocycles. The molecule has 2 heterocycles. The van der Waals surface area contributed by atoms with Crippen LogP contribution in [0.4, 0.5) is 4.39 Å². The first-order valence-electron chi connectivity index (χ1n) is 6.98. The van der Waals surface area contributed by atoms with Crippen LogP contribution in [0, 0.1) is 24.1 Å². The average molecular weight is 302 g/mol. The minimum atomic E-state index is -0.502. The second kappa shape index (κ2) is 6.22. The number of benzene rings is 1. The Morgan fingerprint density at radius 3 is 3.09 bits per heavy atom. The van der Waals surface area contributed by atoms with Gasteiger partial charge >= 0.3 is 0 Å². The molecule has 0 bridgehead atoms. The van der Waals surface area contributed by atoms with Crippen molar-refractivity contribution in [2.45, 2.75) is 19.5 Å². The van der Waals surface area contributed by atoms with E-state index in [0.717, 1.165) is 5.56 Å². The number of nitriles is 1. The smallest absolute Gasteiger partial charge is 0.246 e. The minimum absolute atomic E-state index is 0.0518. The Hall–Kier alpha value is -2.30. The lowest BCUT2D eigenvalue weighted by molar-refractivity contribution is -0.0241. The number of nitrogens with zero attached hydrogens (tertiary/aromatic N) is 4. The van der Waals surface area contributed by atoms with E-state index in [0.29, 0.717) is 38.0 Å². The fourth-order valence-electron chi connectivity index (χ4n) is 2.49. The predicted octanol–water partition coefficient (Wildman–Crippen LogP) is 1.96. The van der Waals surface area contributed by atoms with Crippen LogP contribution in [0.1, 0.15) is 28.9 Å². The minimum Gasteiger partial charge on any atom is -0.378 e. The van der Waals surface area contributed by atoms with Crippen LogP contribution in [0.3, 0.4) is 0 Å². The maximum Gasteiger partial charge on any atom is 0.246 e. The lowest BCUT2D eigenvalue weighted by Crippen LogP contribution is -2.39. The van der Waals surface area contributed by atoms with Gasteiger partial charge in [0.25, 0.3) is 0 Å². The van der Waals surface area contributed by atoms with Crippen molar-refractivity contribution in [2.75, 3.05) is 19.8 Å². The summed E-state index contributed by atoms with van der Waals surface area (Å²) >= 11 is 0. The van der Waals surface area contributed by atoms with Crippen LogP contribution in [0.15, 0.2) is 22.7 Å². The summed E-state index contributed by atoms with van der Waals surface area (Å²) < 4.78 is 24.1. The Morgan fingerprint density at radius 1 is 1.50 bits per heavy atom. The van der Waals surface area contributed by atoms with Gasteiger partial charge in [-0.2, -0.15) is 10.2 Å². The van der Waals surface area contributed by atoms with Gasteiger partial charge in [0.05, 0.1) is 18.8 Å². The normalized spacial score (nSPS) is 19.0. The zero-order valence-corrected chi connectivity index (χ0v) is 12.1. The van der Waals surface area contributed by atoms with Crippen LogP contribution in [-0.2, 0) is 11.3 Å². The highest BCUT2D eigenvalue weighted by atomic mass is 19.1. The quantitative estimate of drug-likeness (QED) is 0.863. The second-order valence-electron chi connectivity index (χ2n) is 5.17. The number of ether oxygens (including phenoxy) is 1. The van der Waals surface area contributed by atoms with Gasteiger partial charge < -0.3 is 9.26 Å². The first kappa shape index (κ1) is 14.6. The van der Waals surface area contributed by atoms with Gasteiger partial charge in [-0.05, 0) is 24.6 Å². The third-order valence-corrected chi connectivity index (χ3v) is 3.60. The Labute approximate surface area is 127 Å². The highest BCUT2D eigenvalue weighted by molar-refractivity contribution is 5.34. The van der Waals surface area contributed by atoms with Gasteiger partial charge in [-0.1, -0.05) is 11.2 Å². The number of aromatic nitrogens is 2. The number of morpholine rings is 1. The van der Waals surface area contributed by atoms with Crippen molar-refractivity contribution in [2.24, 2.45) is 0 Å². The highest BCUT2D eigenvalue weighted by Crippen LogP contribution is 2.25. The van der Waals surface area contributed by atoms with Crippen LogP contribution in [0.25, 0.3) is 0 Å². The van der Waals surface area contributed by atoms with E-state index in [2.05, 4.69) is 15.0 Å². The molecule has 0 aliphatic carbocycles. The molecule has 0 spiro atoms. The number of hydrogen-bond acceptors (Lipinski definition) is 6. The summed E-state index contributed by atoms with van der Waals surface area (Å²) in [5, 5.41) is 12.7. The summed E-state index contributed by atoms with van der Waals surface area (Å²) in [4.78, 5) is 6.39. The first-order valence-corrected chi connectivity index (χ1v) is 6.98. The summed E-state index contributed by atoms with van der Waals surface area (Å²) in [6.07, 6.45) is 0. The molecule has 1 saturated heterocycles. The van der Waals surface area contributed by atoms with Gasteiger partial charge in [-0.15, -0.1) is 0 Å². The fourth-order valence-corrected chi connectivity index (χ4v) is 2.49. The van der Waals surface area contributed by atoms with Gasteiger partial charge in [0.2, 0.25) is 5.89 Å². The summed E-state index contributed by atoms with van der Waals surface area (Å²) in [6, 6.07) is 6.30. The molecule has 1 atom stereocenters. The van der Waals surface area contributed by atoms with E-state index in [9.17, 15) is 4.39 Å². The van der Waals surface area contributed by atoms with Crippen LogP contribution in [0.5, 0.6) is 0 Å². The van der Waals surface area contributed by atoms with E-state index in [1.54, 1.807) is 19.1 Å². The molecule has 1 aliphatic rings. The van der Waals surface area contributed by atoms with Crippen molar-refractivity contribution in [1.29, 1.82) is 5.26 Å². The molecule has 1 unspecified atom stereocenters. The van der Waals surface area contributed by atoms with Gasteiger partial charge in [0.1, 0.15) is 17.9 Å². The van der Waals surface area contributed by atoms with E-state index in [1.165, 1.54) is 6.07 Å². The molecular weight excluding hydrogens is 287 g/mol. The summed E-state index contributed by atoms with van der Waals surface area (Å²) in [5.74, 6) is 0.589. The number of halogens is 1. The van der Waals surface area contributed by atoms with E-state index in [-0.39, 0.29) is 11.6 Å². The Bertz CT molecular complexity index is 710. The molecule has 1 aromatic heterocycles. The molecule has 6 nitrogen and oxygen atoms in total. The molecular formula is C15H15FN4O2. The summed E-state index contributed by atoms with van der Waals surface area (Å²) in [7, 11) is 0. The second-order valence-corrected chi connectivity index (χ2v) is 5.17. The largest absolute Gasteiger partial charge is 0.378 e. The zero-order valence-electron chi connectivity index (χ0n) is 12.1. The van der Waals surface area contributed by atoms with Crippen molar-refractivity contribution in [1.82, 2.24) is 15.0 Å². The van der Waals surface area contributed by atoms with Crippen LogP contribution in [0.2, 0.25) is 0 Å². The monoisotopic (exact) mass is 302 g/mol. The first-order chi connectivity index (χ1) is 10.7. The third-order valence-electron chi connectivity index (χ3n) is 3.60. The van der Waals surface area contributed by atoms with E-state index in [1.807, 2.05) is 6.07 Å². The number of aryl methyl sites for hydroxylation is 1. The molecule has 3 rings (SSSR count). The SMILES string of the molecule is Cc1noc(C2COCCN2Cc2ccc(F)c(C#N)c2)n1. The maximum atomic E-state index is 13.4. The summed E-state index contributed by atoms with van der Waals surface area (Å²) in [6.45, 7) is 4.10. The van der Waals surface area contributed by atoms with Crippen molar-refractivity contribution >= 4 is 0 Å². The Balaban J connectivity index is 1.81. The van der Waals surface area contributed by atoms with Gasteiger partial charge in [0.15, 0.2) is 5.82 Å². The molecule has 114 valence electrons. The summed E-state index contributed by atoms with van der Waals surface area (Å²) in [5.41, 5.74) is 0.914. The van der Waals surface area contributed by atoms with Gasteiger partial charge in [0, 0.05) is 13.1 Å². The van der Waals surface area contributed by atoms with Gasteiger partial charge in [-0.25, -0.2) is 4.39 Å². The average Bonchev–Trinajstić information content (AvgIpc) is 2.96. The predicted molar refractivity (Wildman–Crippen MR) is 74.1 cm³/mol. The molecule has 2 aromatic rings.